The SMILES string of the molecule is CCOC(=C=O)/C=C/[Si](C)(C)C.[C-]#[O+].[C-]#[O+].[Fe].c1ccc(P(c2ccccc2)c2ccccc2)cc1. The second kappa shape index (κ2) is 21.6. The first-order valence-electron chi connectivity index (χ1n) is 10.9. The van der Waals surface area contributed by atoms with E-state index in [0.717, 1.165) is 0 Å². The Balaban J connectivity index is 0. The Morgan fingerprint density at radius 3 is 1.39 bits per heavy atom. The van der Waals surface area contributed by atoms with Crippen LogP contribution in [0.15, 0.2) is 109 Å². The van der Waals surface area contributed by atoms with Crippen LogP contribution in [-0.4, -0.2) is 20.6 Å². The number of rotatable bonds is 7. The molecule has 0 bridgehead atoms. The van der Waals surface area contributed by atoms with Gasteiger partial charge >= 0.3 is 22.6 Å². The van der Waals surface area contributed by atoms with Crippen molar-refractivity contribution in [1.82, 2.24) is 0 Å². The first-order valence-corrected chi connectivity index (χ1v) is 15.8. The minimum absolute atomic E-state index is 0. The van der Waals surface area contributed by atoms with Crippen LogP contribution < -0.4 is 15.9 Å². The van der Waals surface area contributed by atoms with E-state index in [1.807, 2.05) is 6.92 Å². The molecule has 0 N–H and O–H groups in total. The summed E-state index contributed by atoms with van der Waals surface area (Å²) in [6.07, 6.45) is 1.72. The molecule has 4 nitrogen and oxygen atoms in total. The predicted octanol–water partition coefficient (Wildman–Crippen LogP) is 5.54. The van der Waals surface area contributed by atoms with Gasteiger partial charge in [-0.1, -0.05) is 116 Å². The van der Waals surface area contributed by atoms with Crippen LogP contribution in [0.5, 0.6) is 0 Å². The van der Waals surface area contributed by atoms with Gasteiger partial charge in [-0.05, 0) is 36.8 Å². The normalized spacial score (nSPS) is 9.47. The molecule has 188 valence electrons. The van der Waals surface area contributed by atoms with Crippen molar-refractivity contribution in [3.05, 3.63) is 122 Å². The summed E-state index contributed by atoms with van der Waals surface area (Å²) in [6.45, 7) is 17.9. The number of benzene rings is 3. The van der Waals surface area contributed by atoms with Gasteiger partial charge in [0.15, 0.2) is 5.94 Å². The largest absolute Gasteiger partial charge is 0.0622 e. The van der Waals surface area contributed by atoms with Crippen LogP contribution in [0.3, 0.4) is 0 Å². The fraction of sp³-hybridized carbons (Fsp3) is 0.172. The van der Waals surface area contributed by atoms with E-state index >= 15 is 0 Å². The first-order chi connectivity index (χ1) is 16.9. The Bertz CT molecular complexity index is 973. The summed E-state index contributed by atoms with van der Waals surface area (Å²) in [6, 6.07) is 32.3. The molecule has 0 spiro atoms. The molecule has 0 aliphatic carbocycles. The van der Waals surface area contributed by atoms with Gasteiger partial charge in [0.25, 0.3) is 0 Å². The van der Waals surface area contributed by atoms with Gasteiger partial charge in [0.05, 0.1) is 14.7 Å². The summed E-state index contributed by atoms with van der Waals surface area (Å²) in [5.74, 6) is 2.06. The van der Waals surface area contributed by atoms with Gasteiger partial charge in [-0.2, -0.15) is 0 Å². The van der Waals surface area contributed by atoms with Gasteiger partial charge in [0, 0.05) is 17.1 Å². The van der Waals surface area contributed by atoms with Crippen LogP contribution in [0.2, 0.25) is 19.6 Å². The number of carbonyl (C=O) groups excluding carboxylic acids is 1. The molecule has 0 heterocycles. The van der Waals surface area contributed by atoms with Crippen molar-refractivity contribution in [3.8, 4) is 0 Å². The van der Waals surface area contributed by atoms with Crippen LogP contribution in [0.1, 0.15) is 6.92 Å². The maximum Gasteiger partial charge on any atom is 0 e. The molecule has 0 saturated heterocycles. The zero-order chi connectivity index (χ0) is 26.5. The van der Waals surface area contributed by atoms with Gasteiger partial charge in [0.1, 0.15) is 0 Å². The molecule has 0 aromatic heterocycles. The van der Waals surface area contributed by atoms with Crippen molar-refractivity contribution in [2.75, 3.05) is 6.61 Å². The predicted molar refractivity (Wildman–Crippen MR) is 146 cm³/mol. The van der Waals surface area contributed by atoms with Gasteiger partial charge in [-0.3, -0.25) is 0 Å². The van der Waals surface area contributed by atoms with Crippen LogP contribution in [0.4, 0.5) is 0 Å². The molecule has 0 atom stereocenters. The number of ether oxygens (including phenoxy) is 1. The molecule has 0 fully saturated rings. The Morgan fingerprint density at radius 1 is 0.806 bits per heavy atom. The Labute approximate surface area is 228 Å². The second-order valence-corrected chi connectivity index (χ2v) is 15.2. The Kier molecular flexibility index (Phi) is 21.2. The number of hydrogen-bond acceptors (Lipinski definition) is 2. The van der Waals surface area contributed by atoms with Crippen molar-refractivity contribution < 1.29 is 35.9 Å². The number of allylic oxidation sites excluding steroid dienone is 1. The molecule has 7 heteroatoms. The third kappa shape index (κ3) is 14.6. The molecule has 36 heavy (non-hydrogen) atoms. The molecule has 3 rings (SSSR count). The molecular formula is C29H31FeO4PSi. The van der Waals surface area contributed by atoms with E-state index in [0.29, 0.717) is 12.4 Å². The van der Waals surface area contributed by atoms with Gasteiger partial charge in [-0.15, -0.1) is 0 Å². The van der Waals surface area contributed by atoms with E-state index in [-0.39, 0.29) is 17.1 Å². The van der Waals surface area contributed by atoms with Crippen molar-refractivity contribution >= 4 is 37.9 Å². The van der Waals surface area contributed by atoms with E-state index in [2.05, 4.69) is 130 Å². The summed E-state index contributed by atoms with van der Waals surface area (Å²) < 4.78 is 20.0. The van der Waals surface area contributed by atoms with Crippen LogP contribution in [0.25, 0.3) is 0 Å². The molecule has 0 aliphatic rings. The van der Waals surface area contributed by atoms with Crippen molar-refractivity contribution in [2.24, 2.45) is 0 Å². The van der Waals surface area contributed by atoms with Crippen LogP contribution >= 0.6 is 7.92 Å². The summed E-state index contributed by atoms with van der Waals surface area (Å²) in [5, 5.41) is 4.19. The number of hydrogen-bond donors (Lipinski definition) is 0. The summed E-state index contributed by atoms with van der Waals surface area (Å²) >= 11 is 0. The molecule has 0 saturated carbocycles. The zero-order valence-electron chi connectivity index (χ0n) is 21.0. The van der Waals surface area contributed by atoms with Crippen molar-refractivity contribution in [2.45, 2.75) is 26.6 Å². The van der Waals surface area contributed by atoms with Crippen molar-refractivity contribution in [1.29, 1.82) is 0 Å². The maximum atomic E-state index is 10.3. The maximum absolute atomic E-state index is 10.3. The Hall–Kier alpha value is -2.70. The van der Waals surface area contributed by atoms with Gasteiger partial charge < -0.3 is 4.74 Å². The quantitative estimate of drug-likeness (QED) is 0.0727. The summed E-state index contributed by atoms with van der Waals surface area (Å²) in [4.78, 5) is 10.3. The topological polar surface area (TPSA) is 66.1 Å². The zero-order valence-corrected chi connectivity index (χ0v) is 24.0. The van der Waals surface area contributed by atoms with E-state index in [9.17, 15) is 4.79 Å². The van der Waals surface area contributed by atoms with E-state index < -0.39 is 16.0 Å². The van der Waals surface area contributed by atoms with Gasteiger partial charge in [-0.25, -0.2) is 4.79 Å². The fourth-order valence-corrected chi connectivity index (χ4v) is 5.73. The smallest absolute Gasteiger partial charge is 0 e. The minimum Gasteiger partial charge on any atom is -0.0622 e. The van der Waals surface area contributed by atoms with Crippen LogP contribution in [0, 0.1) is 13.3 Å². The first kappa shape index (κ1) is 35.5. The summed E-state index contributed by atoms with van der Waals surface area (Å²) in [5.41, 5.74) is 2.06. The molecule has 0 aliphatic heterocycles. The molecular weight excluding hydrogens is 527 g/mol. The minimum atomic E-state index is -1.23. The average Bonchev–Trinajstić information content (AvgIpc) is 2.91. The molecule has 0 unspecified atom stereocenters. The second-order valence-electron chi connectivity index (χ2n) is 7.94. The fourth-order valence-electron chi connectivity index (χ4n) is 2.77. The average molecular weight is 558 g/mol. The molecule has 0 amide bonds. The summed E-state index contributed by atoms with van der Waals surface area (Å²) in [7, 11) is -1.67. The van der Waals surface area contributed by atoms with E-state index in [1.54, 1.807) is 12.0 Å². The third-order valence-corrected chi connectivity index (χ3v) is 7.79. The molecule has 3 aromatic rings. The molecule has 0 radical (unpaired) electrons. The van der Waals surface area contributed by atoms with E-state index in [1.165, 1.54) is 15.9 Å². The van der Waals surface area contributed by atoms with E-state index in [4.69, 9.17) is 14.0 Å². The Morgan fingerprint density at radius 2 is 1.14 bits per heavy atom. The van der Waals surface area contributed by atoms with Crippen molar-refractivity contribution in [3.63, 3.8) is 0 Å². The third-order valence-electron chi connectivity index (χ3n) is 4.18. The molecule has 3 aromatic carbocycles. The standard InChI is InChI=1S/C18H15P.C9H16O2Si.2CO.Fe/c1-4-10-16(11-5-1)19(17-12-6-2-7-13-17)18-14-8-3-9-15-18;1-5-11-9(8-10)6-7-12(2,3)4;2*1-2;/h1-15H;6-7H,5H2,1-4H3;;;/b;7-6+;;;. The van der Waals surface area contributed by atoms with Crippen LogP contribution in [-0.2, 0) is 35.9 Å². The van der Waals surface area contributed by atoms with Gasteiger partial charge in [0.2, 0.25) is 5.76 Å². The monoisotopic (exact) mass is 558 g/mol.